The van der Waals surface area contributed by atoms with Crippen LogP contribution in [0.4, 0.5) is 0 Å². The van der Waals surface area contributed by atoms with Gasteiger partial charge in [-0.1, -0.05) is 24.3 Å². The fourth-order valence-corrected chi connectivity index (χ4v) is 3.11. The van der Waals surface area contributed by atoms with Crippen LogP contribution in [0.3, 0.4) is 0 Å². The van der Waals surface area contributed by atoms with Crippen LogP contribution >= 0.6 is 11.3 Å². The van der Waals surface area contributed by atoms with E-state index in [0.717, 1.165) is 19.6 Å². The van der Waals surface area contributed by atoms with Crippen molar-refractivity contribution in [2.45, 2.75) is 26.6 Å². The summed E-state index contributed by atoms with van der Waals surface area (Å²) in [6.45, 7) is 4.81. The summed E-state index contributed by atoms with van der Waals surface area (Å²) < 4.78 is 1.94. The quantitative estimate of drug-likeness (QED) is 0.753. The molecule has 21 heavy (non-hydrogen) atoms. The van der Waals surface area contributed by atoms with Gasteiger partial charge >= 0.3 is 0 Å². The molecule has 4 heteroatoms. The maximum Gasteiger partial charge on any atom is 0.0659 e. The minimum absolute atomic E-state index is 0.829. The monoisotopic (exact) mass is 297 g/mol. The Labute approximate surface area is 129 Å². The Kier molecular flexibility index (Phi) is 4.48. The first kappa shape index (κ1) is 14.0. The molecule has 0 fully saturated rings. The Morgan fingerprint density at radius 2 is 1.86 bits per heavy atom. The average Bonchev–Trinajstić information content (AvgIpc) is 3.13. The van der Waals surface area contributed by atoms with E-state index < -0.39 is 0 Å². The summed E-state index contributed by atoms with van der Waals surface area (Å²) in [5.74, 6) is 0. The second kappa shape index (κ2) is 6.70. The van der Waals surface area contributed by atoms with E-state index in [1.54, 1.807) is 0 Å². The zero-order valence-electron chi connectivity index (χ0n) is 12.1. The highest BCUT2D eigenvalue weighted by Crippen LogP contribution is 2.14. The first-order chi connectivity index (χ1) is 10.3. The SMILES string of the molecule is Cc1ccc(CNCc2ccc(Cn3cccn3)cc2)s1. The number of hydrogen-bond donors (Lipinski definition) is 1. The van der Waals surface area contributed by atoms with Crippen molar-refractivity contribution in [1.82, 2.24) is 15.1 Å². The van der Waals surface area contributed by atoms with Gasteiger partial charge in [-0.2, -0.15) is 5.10 Å². The molecule has 2 aromatic heterocycles. The van der Waals surface area contributed by atoms with Crippen molar-refractivity contribution in [3.05, 3.63) is 75.7 Å². The lowest BCUT2D eigenvalue weighted by Crippen LogP contribution is -2.11. The molecule has 0 aliphatic heterocycles. The summed E-state index contributed by atoms with van der Waals surface area (Å²) in [7, 11) is 0. The van der Waals surface area contributed by atoms with E-state index >= 15 is 0 Å². The van der Waals surface area contributed by atoms with Crippen LogP contribution in [0, 0.1) is 6.92 Å². The molecule has 0 aliphatic rings. The molecule has 0 bridgehead atoms. The van der Waals surface area contributed by atoms with Gasteiger partial charge in [-0.3, -0.25) is 4.68 Å². The lowest BCUT2D eigenvalue weighted by atomic mass is 10.1. The largest absolute Gasteiger partial charge is 0.308 e. The molecule has 0 aliphatic carbocycles. The van der Waals surface area contributed by atoms with Gasteiger partial charge in [-0.05, 0) is 36.2 Å². The molecule has 0 radical (unpaired) electrons. The predicted molar refractivity (Wildman–Crippen MR) is 87.4 cm³/mol. The van der Waals surface area contributed by atoms with Crippen LogP contribution in [-0.2, 0) is 19.6 Å². The van der Waals surface area contributed by atoms with Gasteiger partial charge in [0.15, 0.2) is 0 Å². The number of rotatable bonds is 6. The first-order valence-corrected chi connectivity index (χ1v) is 7.92. The molecule has 108 valence electrons. The molecule has 1 N–H and O–H groups in total. The Hall–Kier alpha value is -1.91. The fourth-order valence-electron chi connectivity index (χ4n) is 2.25. The number of aryl methyl sites for hydroxylation is 1. The van der Waals surface area contributed by atoms with Crippen LogP contribution in [0.5, 0.6) is 0 Å². The molecule has 2 heterocycles. The van der Waals surface area contributed by atoms with Crippen molar-refractivity contribution in [2.75, 3.05) is 0 Å². The Balaban J connectivity index is 1.50. The summed E-state index contributed by atoms with van der Waals surface area (Å²) >= 11 is 1.86. The molecule has 0 saturated carbocycles. The van der Waals surface area contributed by atoms with Gasteiger partial charge in [0.05, 0.1) is 6.54 Å². The van der Waals surface area contributed by atoms with Gasteiger partial charge in [0.1, 0.15) is 0 Å². The minimum atomic E-state index is 0.829. The fraction of sp³-hybridized carbons (Fsp3) is 0.235. The second-order valence-electron chi connectivity index (χ2n) is 5.14. The average molecular weight is 297 g/mol. The number of nitrogens with zero attached hydrogens (tertiary/aromatic N) is 2. The van der Waals surface area contributed by atoms with Gasteiger partial charge < -0.3 is 5.32 Å². The van der Waals surface area contributed by atoms with Gasteiger partial charge in [-0.25, -0.2) is 0 Å². The minimum Gasteiger partial charge on any atom is -0.308 e. The molecule has 3 aromatic rings. The topological polar surface area (TPSA) is 29.9 Å². The van der Waals surface area contributed by atoms with Crippen LogP contribution in [0.15, 0.2) is 54.9 Å². The molecule has 0 spiro atoms. The van der Waals surface area contributed by atoms with Gasteiger partial charge in [0, 0.05) is 35.2 Å². The molecule has 1 aromatic carbocycles. The highest BCUT2D eigenvalue weighted by molar-refractivity contribution is 7.11. The third-order valence-electron chi connectivity index (χ3n) is 3.35. The maximum atomic E-state index is 4.22. The molecule has 3 nitrogen and oxygen atoms in total. The Morgan fingerprint density at radius 3 is 2.52 bits per heavy atom. The standard InChI is InChI=1S/C17H19N3S/c1-14-3-8-17(21-14)12-18-11-15-4-6-16(7-5-15)13-20-10-2-9-19-20/h2-10,18H,11-13H2,1H3. The highest BCUT2D eigenvalue weighted by Gasteiger charge is 1.99. The van der Waals surface area contributed by atoms with Gasteiger partial charge in [0.2, 0.25) is 0 Å². The molecular formula is C17H19N3S. The molecule has 3 rings (SSSR count). The third kappa shape index (κ3) is 4.03. The third-order valence-corrected chi connectivity index (χ3v) is 4.35. The Morgan fingerprint density at radius 1 is 1.05 bits per heavy atom. The summed E-state index contributed by atoms with van der Waals surface area (Å²) in [6, 6.07) is 15.0. The highest BCUT2D eigenvalue weighted by atomic mass is 32.1. The number of thiophene rings is 1. The van der Waals surface area contributed by atoms with Crippen LogP contribution in [0.25, 0.3) is 0 Å². The van der Waals surface area contributed by atoms with E-state index in [4.69, 9.17) is 0 Å². The summed E-state index contributed by atoms with van der Waals surface area (Å²) in [6.07, 6.45) is 3.79. The molecule has 0 amide bonds. The van der Waals surface area contributed by atoms with E-state index in [1.165, 1.54) is 20.9 Å². The predicted octanol–water partition coefficient (Wildman–Crippen LogP) is 3.59. The number of nitrogens with one attached hydrogen (secondary N) is 1. The summed E-state index contributed by atoms with van der Waals surface area (Å²) in [5.41, 5.74) is 2.59. The zero-order valence-corrected chi connectivity index (χ0v) is 12.9. The van der Waals surface area contributed by atoms with Crippen molar-refractivity contribution < 1.29 is 0 Å². The van der Waals surface area contributed by atoms with E-state index in [1.807, 2.05) is 34.5 Å². The van der Waals surface area contributed by atoms with E-state index in [9.17, 15) is 0 Å². The van der Waals surface area contributed by atoms with Crippen LogP contribution in [0.2, 0.25) is 0 Å². The number of benzene rings is 1. The van der Waals surface area contributed by atoms with Crippen LogP contribution < -0.4 is 5.32 Å². The maximum absolute atomic E-state index is 4.22. The van der Waals surface area contributed by atoms with Crippen LogP contribution in [-0.4, -0.2) is 9.78 Å². The Bertz CT molecular complexity index is 668. The van der Waals surface area contributed by atoms with E-state index in [2.05, 4.69) is 53.7 Å². The van der Waals surface area contributed by atoms with Crippen molar-refractivity contribution in [1.29, 1.82) is 0 Å². The van der Waals surface area contributed by atoms with E-state index in [0.29, 0.717) is 0 Å². The lowest BCUT2D eigenvalue weighted by molar-refractivity contribution is 0.683. The van der Waals surface area contributed by atoms with Crippen molar-refractivity contribution in [3.8, 4) is 0 Å². The number of aromatic nitrogens is 2. The summed E-state index contributed by atoms with van der Waals surface area (Å²) in [4.78, 5) is 2.76. The van der Waals surface area contributed by atoms with Gasteiger partial charge in [-0.15, -0.1) is 11.3 Å². The molecule has 0 saturated heterocycles. The lowest BCUT2D eigenvalue weighted by Gasteiger charge is -2.06. The first-order valence-electron chi connectivity index (χ1n) is 7.11. The van der Waals surface area contributed by atoms with Crippen LogP contribution in [0.1, 0.15) is 20.9 Å². The smallest absolute Gasteiger partial charge is 0.0659 e. The normalized spacial score (nSPS) is 10.9. The second-order valence-corrected chi connectivity index (χ2v) is 6.51. The van der Waals surface area contributed by atoms with E-state index in [-0.39, 0.29) is 0 Å². The molecular weight excluding hydrogens is 278 g/mol. The molecule has 0 unspecified atom stereocenters. The van der Waals surface area contributed by atoms with Gasteiger partial charge in [0.25, 0.3) is 0 Å². The number of hydrogen-bond acceptors (Lipinski definition) is 3. The van der Waals surface area contributed by atoms with Crippen molar-refractivity contribution in [3.63, 3.8) is 0 Å². The van der Waals surface area contributed by atoms with Crippen molar-refractivity contribution in [2.24, 2.45) is 0 Å². The van der Waals surface area contributed by atoms with Crippen molar-refractivity contribution >= 4 is 11.3 Å². The zero-order chi connectivity index (χ0) is 14.5. The molecule has 0 atom stereocenters. The summed E-state index contributed by atoms with van der Waals surface area (Å²) in [5, 5.41) is 7.71.